The Labute approximate surface area is 194 Å². The zero-order valence-corrected chi connectivity index (χ0v) is 19.7. The second-order valence-electron chi connectivity index (χ2n) is 8.36. The van der Waals surface area contributed by atoms with E-state index in [0.717, 1.165) is 41.0 Å². The summed E-state index contributed by atoms with van der Waals surface area (Å²) >= 11 is 0. The summed E-state index contributed by atoms with van der Waals surface area (Å²) in [6, 6.07) is 12.8. The van der Waals surface area contributed by atoms with Crippen LogP contribution in [0.2, 0.25) is 0 Å². The van der Waals surface area contributed by atoms with E-state index in [0.29, 0.717) is 11.4 Å². The second kappa shape index (κ2) is 9.10. The van der Waals surface area contributed by atoms with Gasteiger partial charge in [-0.05, 0) is 54.7 Å². The minimum Gasteiger partial charge on any atom is -0.496 e. The number of hydrogen-bond donors (Lipinski definition) is 2. The zero-order chi connectivity index (χ0) is 23.7. The fraction of sp³-hybridized carbons (Fsp3) is 0.346. The fourth-order valence-electron chi connectivity index (χ4n) is 4.60. The van der Waals surface area contributed by atoms with Crippen molar-refractivity contribution in [2.24, 2.45) is 7.05 Å². The Balaban J connectivity index is 1.74. The number of aryl methyl sites for hydroxylation is 4. The number of benzene rings is 2. The lowest BCUT2D eigenvalue weighted by Gasteiger charge is -2.32. The van der Waals surface area contributed by atoms with Crippen LogP contribution in [0.4, 0.5) is 5.82 Å². The molecule has 0 spiro atoms. The third-order valence-electron chi connectivity index (χ3n) is 6.39. The fourth-order valence-corrected chi connectivity index (χ4v) is 4.60. The van der Waals surface area contributed by atoms with E-state index in [4.69, 9.17) is 4.74 Å². The van der Waals surface area contributed by atoms with Crippen molar-refractivity contribution < 1.29 is 14.3 Å². The van der Waals surface area contributed by atoms with Gasteiger partial charge in [0.05, 0.1) is 12.8 Å². The second-order valence-corrected chi connectivity index (χ2v) is 8.36. The molecule has 2 N–H and O–H groups in total. The molecule has 33 heavy (non-hydrogen) atoms. The number of amides is 2. The van der Waals surface area contributed by atoms with E-state index in [1.54, 1.807) is 23.9 Å². The molecule has 7 heteroatoms. The molecule has 2 atom stereocenters. The molecule has 1 aliphatic heterocycles. The van der Waals surface area contributed by atoms with Crippen molar-refractivity contribution in [1.29, 1.82) is 0 Å². The number of aromatic nitrogens is 2. The van der Waals surface area contributed by atoms with Gasteiger partial charge in [-0.1, -0.05) is 38.1 Å². The lowest BCUT2D eigenvalue weighted by Crippen LogP contribution is -2.50. The van der Waals surface area contributed by atoms with Crippen molar-refractivity contribution in [2.75, 3.05) is 12.4 Å². The highest BCUT2D eigenvalue weighted by molar-refractivity contribution is 6.04. The molecule has 0 bridgehead atoms. The maximum atomic E-state index is 13.3. The largest absolute Gasteiger partial charge is 0.496 e. The quantitative estimate of drug-likeness (QED) is 0.604. The van der Waals surface area contributed by atoms with Gasteiger partial charge < -0.3 is 15.4 Å². The SMILES string of the molecule is CCc1ccc([C@H]2c3c(C)nn(C)c3NC(=O)[C@@H]2NC(=O)c2ccc(OC)c(CC)c2)cc1. The first-order valence-electron chi connectivity index (χ1n) is 11.3. The van der Waals surface area contributed by atoms with Gasteiger partial charge in [-0.2, -0.15) is 5.10 Å². The Bertz CT molecular complexity index is 1200. The van der Waals surface area contributed by atoms with Gasteiger partial charge in [-0.15, -0.1) is 0 Å². The van der Waals surface area contributed by atoms with E-state index >= 15 is 0 Å². The first kappa shape index (κ1) is 22.6. The van der Waals surface area contributed by atoms with Crippen molar-refractivity contribution in [2.45, 2.75) is 45.6 Å². The van der Waals surface area contributed by atoms with E-state index < -0.39 is 6.04 Å². The van der Waals surface area contributed by atoms with Crippen LogP contribution in [0.5, 0.6) is 5.75 Å². The standard InChI is InChI=1S/C26H30N4O3/c1-6-16-8-10-18(11-9-16)22-21-15(3)29-30(4)24(21)28-26(32)23(22)27-25(31)19-12-13-20(33-5)17(7-2)14-19/h8-14,22-23H,6-7H2,1-5H3,(H,27,31)(H,28,32)/t22-,23+/m0/s1. The Morgan fingerprint density at radius 2 is 1.88 bits per heavy atom. The van der Waals surface area contributed by atoms with Crippen LogP contribution in [-0.4, -0.2) is 34.7 Å². The molecule has 2 amide bonds. The number of fused-ring (bicyclic) bond motifs is 1. The molecule has 0 saturated carbocycles. The summed E-state index contributed by atoms with van der Waals surface area (Å²) in [4.78, 5) is 26.5. The molecule has 1 aromatic heterocycles. The Kier molecular flexibility index (Phi) is 6.22. The van der Waals surface area contributed by atoms with Gasteiger partial charge in [0.2, 0.25) is 5.91 Å². The molecule has 0 unspecified atom stereocenters. The van der Waals surface area contributed by atoms with Crippen LogP contribution in [0.1, 0.15) is 58.1 Å². The van der Waals surface area contributed by atoms with Gasteiger partial charge in [-0.25, -0.2) is 0 Å². The average Bonchev–Trinajstić information content (AvgIpc) is 3.11. The van der Waals surface area contributed by atoms with Crippen molar-refractivity contribution in [3.63, 3.8) is 0 Å². The Morgan fingerprint density at radius 1 is 1.15 bits per heavy atom. The molecule has 172 valence electrons. The summed E-state index contributed by atoms with van der Waals surface area (Å²) in [6.45, 7) is 6.05. The van der Waals surface area contributed by atoms with Crippen LogP contribution in [-0.2, 0) is 24.7 Å². The third kappa shape index (κ3) is 4.11. The van der Waals surface area contributed by atoms with Crippen LogP contribution >= 0.6 is 0 Å². The minimum absolute atomic E-state index is 0.257. The number of rotatable bonds is 6. The number of nitrogens with one attached hydrogen (secondary N) is 2. The van der Waals surface area contributed by atoms with Gasteiger partial charge in [0, 0.05) is 24.1 Å². The predicted octanol–water partition coefficient (Wildman–Crippen LogP) is 3.74. The van der Waals surface area contributed by atoms with Crippen molar-refractivity contribution in [3.05, 3.63) is 76.0 Å². The van der Waals surface area contributed by atoms with Gasteiger partial charge in [0.25, 0.3) is 5.91 Å². The number of ether oxygens (including phenoxy) is 1. The summed E-state index contributed by atoms with van der Waals surface area (Å²) < 4.78 is 7.07. The summed E-state index contributed by atoms with van der Waals surface area (Å²) in [5, 5.41) is 10.5. The third-order valence-corrected chi connectivity index (χ3v) is 6.39. The Hall–Kier alpha value is -3.61. The highest BCUT2D eigenvalue weighted by Crippen LogP contribution is 2.39. The minimum atomic E-state index is -0.771. The molecule has 7 nitrogen and oxygen atoms in total. The number of carbonyl (C=O) groups is 2. The molecule has 2 heterocycles. The summed E-state index contributed by atoms with van der Waals surface area (Å²) in [6.07, 6.45) is 1.67. The molecule has 0 aliphatic carbocycles. The van der Waals surface area contributed by atoms with E-state index in [2.05, 4.69) is 34.8 Å². The molecule has 0 saturated heterocycles. The molecule has 2 aromatic carbocycles. The average molecular weight is 447 g/mol. The summed E-state index contributed by atoms with van der Waals surface area (Å²) in [7, 11) is 3.43. The smallest absolute Gasteiger partial charge is 0.251 e. The van der Waals surface area contributed by atoms with Crippen LogP contribution in [0, 0.1) is 6.92 Å². The lowest BCUT2D eigenvalue weighted by molar-refractivity contribution is -0.118. The van der Waals surface area contributed by atoms with E-state index in [1.807, 2.05) is 39.1 Å². The molecular formula is C26H30N4O3. The first-order valence-corrected chi connectivity index (χ1v) is 11.3. The van der Waals surface area contributed by atoms with Crippen molar-refractivity contribution >= 4 is 17.6 Å². The van der Waals surface area contributed by atoms with Crippen LogP contribution in [0.15, 0.2) is 42.5 Å². The van der Waals surface area contributed by atoms with Gasteiger partial charge in [0.15, 0.2) is 0 Å². The maximum absolute atomic E-state index is 13.3. The van der Waals surface area contributed by atoms with E-state index in [1.165, 1.54) is 5.56 Å². The topological polar surface area (TPSA) is 85.3 Å². The molecular weight excluding hydrogens is 416 g/mol. The van der Waals surface area contributed by atoms with Gasteiger partial charge >= 0.3 is 0 Å². The number of anilines is 1. The number of hydrogen-bond acceptors (Lipinski definition) is 4. The molecule has 4 rings (SSSR count). The zero-order valence-electron chi connectivity index (χ0n) is 19.7. The Morgan fingerprint density at radius 3 is 2.52 bits per heavy atom. The molecule has 0 radical (unpaired) electrons. The number of nitrogens with zero attached hydrogens (tertiary/aromatic N) is 2. The van der Waals surface area contributed by atoms with E-state index in [-0.39, 0.29) is 17.7 Å². The lowest BCUT2D eigenvalue weighted by atomic mass is 9.81. The normalized spacial score (nSPS) is 17.3. The van der Waals surface area contributed by atoms with Crippen LogP contribution in [0.3, 0.4) is 0 Å². The van der Waals surface area contributed by atoms with E-state index in [9.17, 15) is 9.59 Å². The predicted molar refractivity (Wildman–Crippen MR) is 128 cm³/mol. The highest BCUT2D eigenvalue weighted by Gasteiger charge is 2.41. The number of carbonyl (C=O) groups excluding carboxylic acids is 2. The highest BCUT2D eigenvalue weighted by atomic mass is 16.5. The van der Waals surface area contributed by atoms with Crippen molar-refractivity contribution in [3.8, 4) is 5.75 Å². The van der Waals surface area contributed by atoms with Gasteiger partial charge in [-0.3, -0.25) is 14.3 Å². The molecule has 0 fully saturated rings. The summed E-state index contributed by atoms with van der Waals surface area (Å²) in [5.41, 5.74) is 5.37. The molecule has 1 aliphatic rings. The summed E-state index contributed by atoms with van der Waals surface area (Å²) in [5.74, 6) is 0.515. The number of methoxy groups -OCH3 is 1. The van der Waals surface area contributed by atoms with Crippen LogP contribution in [0.25, 0.3) is 0 Å². The van der Waals surface area contributed by atoms with Gasteiger partial charge in [0.1, 0.15) is 17.6 Å². The molecule has 3 aromatic rings. The van der Waals surface area contributed by atoms with Crippen LogP contribution < -0.4 is 15.4 Å². The first-order chi connectivity index (χ1) is 15.9. The monoisotopic (exact) mass is 446 g/mol. The van der Waals surface area contributed by atoms with Crippen molar-refractivity contribution in [1.82, 2.24) is 15.1 Å². The maximum Gasteiger partial charge on any atom is 0.251 e.